The molecule has 0 unspecified atom stereocenters. The predicted octanol–water partition coefficient (Wildman–Crippen LogP) is 4.13. The average Bonchev–Trinajstić information content (AvgIpc) is 2.60. The van der Waals surface area contributed by atoms with Gasteiger partial charge in [-0.2, -0.15) is 0 Å². The third kappa shape index (κ3) is 2.86. The van der Waals surface area contributed by atoms with E-state index in [1.807, 2.05) is 61.5 Å². The van der Waals surface area contributed by atoms with Crippen LogP contribution in [0.3, 0.4) is 0 Å². The van der Waals surface area contributed by atoms with Crippen LogP contribution >= 0.6 is 0 Å². The monoisotopic (exact) mass is 302 g/mol. The summed E-state index contributed by atoms with van der Waals surface area (Å²) < 4.78 is 0. The number of amides is 1. The number of carbonyl (C=O) groups is 1. The van der Waals surface area contributed by atoms with E-state index in [1.165, 1.54) is 0 Å². The van der Waals surface area contributed by atoms with Crippen LogP contribution in [0.15, 0.2) is 67.3 Å². The van der Waals surface area contributed by atoms with Gasteiger partial charge in [-0.05, 0) is 18.6 Å². The Morgan fingerprint density at radius 2 is 1.83 bits per heavy atom. The van der Waals surface area contributed by atoms with Crippen LogP contribution in [0.5, 0.6) is 0 Å². The number of hydrogen-bond donors (Lipinski definition) is 1. The van der Waals surface area contributed by atoms with Crippen molar-refractivity contribution < 1.29 is 4.79 Å². The number of aromatic nitrogens is 1. The number of fused-ring (bicyclic) bond motifs is 1. The van der Waals surface area contributed by atoms with Crippen molar-refractivity contribution in [1.82, 2.24) is 10.3 Å². The van der Waals surface area contributed by atoms with Gasteiger partial charge in [-0.3, -0.25) is 4.79 Å². The van der Waals surface area contributed by atoms with Crippen LogP contribution in [0.1, 0.15) is 15.9 Å². The highest BCUT2D eigenvalue weighted by molar-refractivity contribution is 6.08. The van der Waals surface area contributed by atoms with Crippen molar-refractivity contribution in [3.05, 3.63) is 78.4 Å². The molecule has 3 rings (SSSR count). The summed E-state index contributed by atoms with van der Waals surface area (Å²) >= 11 is 0. The van der Waals surface area contributed by atoms with Gasteiger partial charge in [-0.1, -0.05) is 54.6 Å². The van der Waals surface area contributed by atoms with Crippen LogP contribution in [-0.4, -0.2) is 17.4 Å². The largest absolute Gasteiger partial charge is 0.349 e. The fourth-order valence-corrected chi connectivity index (χ4v) is 2.73. The van der Waals surface area contributed by atoms with Crippen LogP contribution < -0.4 is 5.32 Å². The highest BCUT2D eigenvalue weighted by atomic mass is 16.1. The summed E-state index contributed by atoms with van der Waals surface area (Å²) in [6.45, 7) is 6.04. The van der Waals surface area contributed by atoms with E-state index in [-0.39, 0.29) is 5.91 Å². The molecule has 3 aromatic rings. The lowest BCUT2D eigenvalue weighted by Gasteiger charge is -2.14. The van der Waals surface area contributed by atoms with Gasteiger partial charge in [-0.15, -0.1) is 6.58 Å². The summed E-state index contributed by atoms with van der Waals surface area (Å²) in [7, 11) is 0. The second-order valence-corrected chi connectivity index (χ2v) is 5.34. The van der Waals surface area contributed by atoms with Crippen LogP contribution in [0, 0.1) is 6.92 Å². The number of benzene rings is 2. The summed E-state index contributed by atoms with van der Waals surface area (Å²) in [5.41, 5.74) is 4.23. The minimum atomic E-state index is -0.0989. The Bertz CT molecular complexity index is 869. The number of rotatable bonds is 4. The summed E-state index contributed by atoms with van der Waals surface area (Å²) in [5.74, 6) is -0.0989. The molecule has 0 aliphatic heterocycles. The zero-order chi connectivity index (χ0) is 16.2. The molecule has 0 saturated heterocycles. The Hall–Kier alpha value is -2.94. The molecule has 0 aliphatic rings. The summed E-state index contributed by atoms with van der Waals surface area (Å²) in [4.78, 5) is 17.4. The van der Waals surface area contributed by atoms with Crippen molar-refractivity contribution in [3.63, 3.8) is 0 Å². The topological polar surface area (TPSA) is 42.0 Å². The lowest BCUT2D eigenvalue weighted by Crippen LogP contribution is -2.24. The summed E-state index contributed by atoms with van der Waals surface area (Å²) in [6, 6.07) is 17.7. The maximum atomic E-state index is 12.6. The number of pyridine rings is 1. The van der Waals surface area contributed by atoms with E-state index in [2.05, 4.69) is 11.9 Å². The van der Waals surface area contributed by atoms with Crippen LogP contribution in [0.2, 0.25) is 0 Å². The van der Waals surface area contributed by atoms with Gasteiger partial charge in [-0.25, -0.2) is 4.98 Å². The van der Waals surface area contributed by atoms with E-state index in [0.29, 0.717) is 12.1 Å². The molecular weight excluding hydrogens is 284 g/mol. The number of carbonyl (C=O) groups excluding carboxylic acids is 1. The molecule has 0 radical (unpaired) electrons. The first-order chi connectivity index (χ1) is 11.2. The quantitative estimate of drug-likeness (QED) is 0.736. The highest BCUT2D eigenvalue weighted by Gasteiger charge is 2.18. The number of para-hydroxylation sites is 1. The smallest absolute Gasteiger partial charge is 0.252 e. The summed E-state index contributed by atoms with van der Waals surface area (Å²) in [6.07, 6.45) is 1.68. The maximum absolute atomic E-state index is 12.6. The Balaban J connectivity index is 2.26. The van der Waals surface area contributed by atoms with Gasteiger partial charge in [0.05, 0.1) is 16.8 Å². The van der Waals surface area contributed by atoms with Crippen molar-refractivity contribution in [2.75, 3.05) is 6.54 Å². The molecule has 0 saturated carbocycles. The van der Waals surface area contributed by atoms with E-state index < -0.39 is 0 Å². The van der Waals surface area contributed by atoms with Crippen molar-refractivity contribution in [2.24, 2.45) is 0 Å². The Morgan fingerprint density at radius 1 is 1.13 bits per heavy atom. The predicted molar refractivity (Wildman–Crippen MR) is 94.4 cm³/mol. The normalized spacial score (nSPS) is 10.5. The van der Waals surface area contributed by atoms with Crippen LogP contribution in [-0.2, 0) is 0 Å². The third-order valence-electron chi connectivity index (χ3n) is 3.82. The van der Waals surface area contributed by atoms with Gasteiger partial charge in [0, 0.05) is 17.5 Å². The molecule has 2 aromatic carbocycles. The number of hydrogen-bond acceptors (Lipinski definition) is 2. The zero-order valence-corrected chi connectivity index (χ0v) is 13.0. The van der Waals surface area contributed by atoms with E-state index in [0.717, 1.165) is 27.7 Å². The lowest BCUT2D eigenvalue weighted by atomic mass is 9.97. The van der Waals surface area contributed by atoms with Gasteiger partial charge in [0.25, 0.3) is 5.91 Å². The van der Waals surface area contributed by atoms with E-state index in [1.54, 1.807) is 6.08 Å². The molecule has 0 aliphatic carbocycles. The zero-order valence-electron chi connectivity index (χ0n) is 13.0. The molecule has 0 atom stereocenters. The molecule has 3 heteroatoms. The SMILES string of the molecule is C=CCNC(=O)c1c(C)c(-c2ccccc2)nc2ccccc12. The van der Waals surface area contributed by atoms with Crippen molar-refractivity contribution in [2.45, 2.75) is 6.92 Å². The fourth-order valence-electron chi connectivity index (χ4n) is 2.73. The maximum Gasteiger partial charge on any atom is 0.252 e. The molecular formula is C20H18N2O. The molecule has 114 valence electrons. The summed E-state index contributed by atoms with van der Waals surface area (Å²) in [5, 5.41) is 3.74. The van der Waals surface area contributed by atoms with Crippen molar-refractivity contribution in [3.8, 4) is 11.3 Å². The number of nitrogens with one attached hydrogen (secondary N) is 1. The van der Waals surface area contributed by atoms with E-state index in [4.69, 9.17) is 4.98 Å². The molecule has 1 heterocycles. The lowest BCUT2D eigenvalue weighted by molar-refractivity contribution is 0.0959. The molecule has 0 spiro atoms. The first-order valence-electron chi connectivity index (χ1n) is 7.56. The molecule has 0 bridgehead atoms. The Labute approximate surface area is 135 Å². The second-order valence-electron chi connectivity index (χ2n) is 5.34. The number of nitrogens with zero attached hydrogens (tertiary/aromatic N) is 1. The molecule has 1 amide bonds. The first-order valence-corrected chi connectivity index (χ1v) is 7.56. The van der Waals surface area contributed by atoms with E-state index in [9.17, 15) is 4.79 Å². The third-order valence-corrected chi connectivity index (χ3v) is 3.82. The van der Waals surface area contributed by atoms with Crippen molar-refractivity contribution in [1.29, 1.82) is 0 Å². The first kappa shape index (κ1) is 15.0. The van der Waals surface area contributed by atoms with Gasteiger partial charge in [0.15, 0.2) is 0 Å². The highest BCUT2D eigenvalue weighted by Crippen LogP contribution is 2.29. The van der Waals surface area contributed by atoms with Gasteiger partial charge in [0.2, 0.25) is 0 Å². The molecule has 3 nitrogen and oxygen atoms in total. The minimum absolute atomic E-state index is 0.0989. The second kappa shape index (κ2) is 6.44. The minimum Gasteiger partial charge on any atom is -0.349 e. The molecule has 1 N–H and O–H groups in total. The Kier molecular flexibility index (Phi) is 4.20. The van der Waals surface area contributed by atoms with Crippen LogP contribution in [0.4, 0.5) is 0 Å². The Morgan fingerprint density at radius 3 is 2.57 bits per heavy atom. The van der Waals surface area contributed by atoms with Gasteiger partial charge >= 0.3 is 0 Å². The molecule has 1 aromatic heterocycles. The molecule has 0 fully saturated rings. The average molecular weight is 302 g/mol. The van der Waals surface area contributed by atoms with Gasteiger partial charge in [0.1, 0.15) is 0 Å². The standard InChI is InChI=1S/C20H18N2O/c1-3-13-21-20(23)18-14(2)19(15-9-5-4-6-10-15)22-17-12-8-7-11-16(17)18/h3-12H,1,13H2,2H3,(H,21,23). The fraction of sp³-hybridized carbons (Fsp3) is 0.100. The molecule has 23 heavy (non-hydrogen) atoms. The van der Waals surface area contributed by atoms with Crippen LogP contribution in [0.25, 0.3) is 22.2 Å². The van der Waals surface area contributed by atoms with Crippen molar-refractivity contribution >= 4 is 16.8 Å². The van der Waals surface area contributed by atoms with E-state index >= 15 is 0 Å². The van der Waals surface area contributed by atoms with Gasteiger partial charge < -0.3 is 5.32 Å².